The predicted octanol–water partition coefficient (Wildman–Crippen LogP) is 0.708. The van der Waals surface area contributed by atoms with Gasteiger partial charge in [0, 0.05) is 27.7 Å². The fraction of sp³-hybridized carbons (Fsp3) is 0.789. The summed E-state index contributed by atoms with van der Waals surface area (Å²) in [6, 6.07) is 0. The van der Waals surface area contributed by atoms with E-state index in [1.807, 2.05) is 0 Å². The van der Waals surface area contributed by atoms with Crippen LogP contribution in [0.25, 0.3) is 0 Å². The summed E-state index contributed by atoms with van der Waals surface area (Å²) >= 11 is 0. The molecule has 0 N–H and O–H groups in total. The molecule has 1 saturated heterocycles. The minimum absolute atomic E-state index is 0.134. The van der Waals surface area contributed by atoms with Crippen LogP contribution < -0.4 is 0 Å². The van der Waals surface area contributed by atoms with Crippen molar-refractivity contribution in [3.63, 3.8) is 0 Å². The first kappa shape index (κ1) is 31.0. The van der Waals surface area contributed by atoms with Crippen LogP contribution in [0.2, 0.25) is 0 Å². The molecule has 1 aliphatic rings. The largest absolute Gasteiger partial charge is 0.463 e. The lowest BCUT2D eigenvalue weighted by atomic mass is 9.99. The number of hydrogen-bond donors (Lipinski definition) is 0. The molecule has 1 rings (SSSR count). The number of carbonyl (C=O) groups is 4. The molecular weight excluding hydrogens is 515 g/mol. The zero-order chi connectivity index (χ0) is 27.0. The van der Waals surface area contributed by atoms with Crippen molar-refractivity contribution in [3.8, 4) is 0 Å². The van der Waals surface area contributed by atoms with Crippen molar-refractivity contribution in [2.24, 2.45) is 0 Å². The van der Waals surface area contributed by atoms with Gasteiger partial charge in [-0.1, -0.05) is 0 Å². The summed E-state index contributed by atoms with van der Waals surface area (Å²) in [6.07, 6.45) is -6.54. The first-order valence-electron chi connectivity index (χ1n) is 10.6. The average Bonchev–Trinajstić information content (AvgIpc) is 2.68. The van der Waals surface area contributed by atoms with E-state index < -0.39 is 83.3 Å². The van der Waals surface area contributed by atoms with E-state index >= 15 is 0 Å². The summed E-state index contributed by atoms with van der Waals surface area (Å²) in [4.78, 5) is 46.8. The number of hydrogen-bond acceptors (Lipinski definition) is 14. The molecule has 1 heterocycles. The molecule has 202 valence electrons. The van der Waals surface area contributed by atoms with Gasteiger partial charge in [0.25, 0.3) is 0 Å². The third-order valence-corrected chi connectivity index (χ3v) is 9.39. The molecule has 0 saturated carbocycles. The molecule has 0 aromatic carbocycles. The Balaban J connectivity index is 3.61. The summed E-state index contributed by atoms with van der Waals surface area (Å²) in [5.41, 5.74) is -3.26. The van der Waals surface area contributed by atoms with Crippen LogP contribution >= 0.6 is 7.60 Å². The molecule has 0 bridgehead atoms. The highest BCUT2D eigenvalue weighted by molar-refractivity contribution is 7.98. The molecule has 0 radical (unpaired) electrons. The second-order valence-electron chi connectivity index (χ2n) is 7.31. The summed E-state index contributed by atoms with van der Waals surface area (Å²) in [6.45, 7) is 6.13. The highest BCUT2D eigenvalue weighted by Gasteiger charge is 2.57. The molecule has 1 aliphatic heterocycles. The molecule has 0 spiro atoms. The number of esters is 4. The topological polar surface area (TPSA) is 184 Å². The van der Waals surface area contributed by atoms with Gasteiger partial charge in [0.2, 0.25) is 5.44 Å². The molecule has 0 aliphatic carbocycles. The predicted molar refractivity (Wildman–Crippen MR) is 117 cm³/mol. The van der Waals surface area contributed by atoms with Crippen LogP contribution in [0.4, 0.5) is 0 Å². The van der Waals surface area contributed by atoms with Gasteiger partial charge in [0.1, 0.15) is 12.7 Å². The van der Waals surface area contributed by atoms with Crippen molar-refractivity contribution in [1.82, 2.24) is 0 Å². The summed E-state index contributed by atoms with van der Waals surface area (Å²) < 4.78 is 75.8. The first-order valence-corrected chi connectivity index (χ1v) is 14.0. The quantitative estimate of drug-likeness (QED) is 0.189. The maximum atomic E-state index is 13.4. The maximum absolute atomic E-state index is 13.4. The Kier molecular flexibility index (Phi) is 11.8. The lowest BCUT2D eigenvalue weighted by Crippen LogP contribution is -2.64. The molecule has 35 heavy (non-hydrogen) atoms. The molecule has 1 fully saturated rings. The van der Waals surface area contributed by atoms with Crippen LogP contribution in [-0.2, 0) is 66.3 Å². The van der Waals surface area contributed by atoms with Crippen LogP contribution in [-0.4, -0.2) is 87.5 Å². The van der Waals surface area contributed by atoms with Crippen molar-refractivity contribution in [1.29, 1.82) is 0 Å². The molecule has 0 amide bonds. The molecule has 0 aromatic heterocycles. The van der Waals surface area contributed by atoms with Crippen LogP contribution in [0.15, 0.2) is 0 Å². The van der Waals surface area contributed by atoms with E-state index in [4.69, 9.17) is 32.7 Å². The highest BCUT2D eigenvalue weighted by atomic mass is 32.2. The van der Waals surface area contributed by atoms with E-state index in [1.165, 1.54) is 13.8 Å². The van der Waals surface area contributed by atoms with Gasteiger partial charge >= 0.3 is 31.5 Å². The molecule has 0 aromatic rings. The third-order valence-electron chi connectivity index (χ3n) is 4.29. The van der Waals surface area contributed by atoms with E-state index in [1.54, 1.807) is 0 Å². The van der Waals surface area contributed by atoms with Gasteiger partial charge in [0.05, 0.1) is 13.2 Å². The van der Waals surface area contributed by atoms with Crippen molar-refractivity contribution >= 4 is 41.3 Å². The van der Waals surface area contributed by atoms with Gasteiger partial charge < -0.3 is 32.7 Å². The Labute approximate surface area is 203 Å². The molecule has 5 atom stereocenters. The summed E-state index contributed by atoms with van der Waals surface area (Å²) in [5.74, 6) is -3.54. The lowest BCUT2D eigenvalue weighted by molar-refractivity contribution is -0.238. The van der Waals surface area contributed by atoms with Crippen molar-refractivity contribution in [2.45, 2.75) is 71.4 Å². The van der Waals surface area contributed by atoms with Crippen LogP contribution in [0.1, 0.15) is 41.5 Å². The Bertz CT molecular complexity index is 922. The second-order valence-corrected chi connectivity index (χ2v) is 11.9. The lowest BCUT2D eigenvalue weighted by Gasteiger charge is -2.44. The normalized spacial score (nSPS) is 24.8. The number of sulfone groups is 1. The fourth-order valence-corrected chi connectivity index (χ4v) is 8.02. The molecule has 16 heteroatoms. The van der Waals surface area contributed by atoms with Gasteiger partial charge in [-0.3, -0.25) is 23.7 Å². The number of rotatable bonds is 12. The van der Waals surface area contributed by atoms with Crippen molar-refractivity contribution in [3.05, 3.63) is 0 Å². The van der Waals surface area contributed by atoms with Crippen molar-refractivity contribution in [2.75, 3.05) is 25.3 Å². The molecule has 14 nitrogen and oxygen atoms in total. The van der Waals surface area contributed by atoms with E-state index in [0.717, 1.165) is 27.7 Å². The van der Waals surface area contributed by atoms with E-state index in [-0.39, 0.29) is 13.2 Å². The van der Waals surface area contributed by atoms with Gasteiger partial charge in [0.15, 0.2) is 33.6 Å². The fourth-order valence-electron chi connectivity index (χ4n) is 3.28. The zero-order valence-corrected chi connectivity index (χ0v) is 22.0. The van der Waals surface area contributed by atoms with Gasteiger partial charge in [-0.2, -0.15) is 0 Å². The van der Waals surface area contributed by atoms with Crippen LogP contribution in [0.3, 0.4) is 0 Å². The van der Waals surface area contributed by atoms with Crippen molar-refractivity contribution < 1.29 is 64.9 Å². The molecular formula is C19H31O14PS. The Morgan fingerprint density at radius 1 is 0.771 bits per heavy atom. The monoisotopic (exact) mass is 546 g/mol. The SMILES string of the molecule is CCOP(=O)(CS(=O)(=O)[C@@H]1O[C@H](COC(C)=O)[C@@H](OC(C)=O)[C@H](OC(C)=O)[C@H]1OC(C)=O)OCC. The van der Waals surface area contributed by atoms with Crippen LogP contribution in [0, 0.1) is 0 Å². The zero-order valence-electron chi connectivity index (χ0n) is 20.3. The first-order chi connectivity index (χ1) is 16.2. The minimum Gasteiger partial charge on any atom is -0.463 e. The second kappa shape index (κ2) is 13.3. The van der Waals surface area contributed by atoms with Gasteiger partial charge in [-0.15, -0.1) is 0 Å². The summed E-state index contributed by atoms with van der Waals surface area (Å²) in [7, 11) is -8.85. The highest BCUT2D eigenvalue weighted by Crippen LogP contribution is 2.50. The molecule has 0 unspecified atom stereocenters. The van der Waals surface area contributed by atoms with Gasteiger partial charge in [-0.05, 0) is 13.8 Å². The van der Waals surface area contributed by atoms with E-state index in [9.17, 15) is 32.2 Å². The Hall–Kier alpha value is -2.06. The Morgan fingerprint density at radius 2 is 1.23 bits per heavy atom. The Morgan fingerprint density at radius 3 is 1.66 bits per heavy atom. The third kappa shape index (κ3) is 9.49. The van der Waals surface area contributed by atoms with Crippen LogP contribution in [0.5, 0.6) is 0 Å². The smallest absolute Gasteiger partial charge is 0.345 e. The summed E-state index contributed by atoms with van der Waals surface area (Å²) in [5, 5.41) is 0. The minimum atomic E-state index is -4.66. The van der Waals surface area contributed by atoms with Gasteiger partial charge in [-0.25, -0.2) is 8.42 Å². The number of ether oxygens (including phenoxy) is 5. The number of carbonyl (C=O) groups excluding carboxylic acids is 4. The van der Waals surface area contributed by atoms with E-state index in [2.05, 4.69) is 0 Å². The average molecular weight is 546 g/mol. The van der Waals surface area contributed by atoms with E-state index in [0.29, 0.717) is 0 Å². The standard InChI is InChI=1S/C19H31O14PS/c1-7-28-34(24,29-8-2)10-35(25,26)19-18(32-14(6)23)17(31-13(5)22)16(30-12(4)21)15(33-19)9-27-11(3)20/h15-19H,7-10H2,1-6H3/t15-,16-,17+,18-,19+/m1/s1. The maximum Gasteiger partial charge on any atom is 0.345 e.